The molecule has 3 aromatic carbocycles. The second kappa shape index (κ2) is 17.7. The minimum Gasteiger partial charge on any atom is -0.392 e. The third-order valence-corrected chi connectivity index (χ3v) is 10.4. The zero-order valence-corrected chi connectivity index (χ0v) is 30.0. The van der Waals surface area contributed by atoms with Gasteiger partial charge in [0.2, 0.25) is 11.8 Å². The van der Waals surface area contributed by atoms with Gasteiger partial charge < -0.3 is 39.6 Å². The van der Waals surface area contributed by atoms with Gasteiger partial charge in [-0.25, -0.2) is 0 Å². The van der Waals surface area contributed by atoms with Gasteiger partial charge in [-0.15, -0.1) is 0 Å². The number of carbonyl (C=O) groups is 2. The van der Waals surface area contributed by atoms with E-state index in [9.17, 15) is 14.7 Å². The molecule has 2 amide bonds. The van der Waals surface area contributed by atoms with Gasteiger partial charge in [-0.1, -0.05) is 74.0 Å². The maximum atomic E-state index is 12.5. The molecular formula is C41H53N3O7. The van der Waals surface area contributed by atoms with E-state index in [1.54, 1.807) is 0 Å². The van der Waals surface area contributed by atoms with Crippen LogP contribution in [-0.4, -0.2) is 73.1 Å². The molecule has 1 spiro atoms. The van der Waals surface area contributed by atoms with E-state index in [0.29, 0.717) is 32.7 Å². The molecule has 0 aliphatic carbocycles. The molecular weight excluding hydrogens is 646 g/mol. The van der Waals surface area contributed by atoms with Gasteiger partial charge in [-0.2, -0.15) is 0 Å². The molecule has 0 saturated carbocycles. The lowest BCUT2D eigenvalue weighted by Gasteiger charge is -2.44. The lowest BCUT2D eigenvalue weighted by Crippen LogP contribution is -2.50. The number of likely N-dealkylation sites (tertiary alicyclic amines) is 1. The number of nitrogens with one attached hydrogen (secondary N) is 2. The van der Waals surface area contributed by atoms with Crippen molar-refractivity contribution in [2.24, 2.45) is 5.92 Å². The minimum atomic E-state index is -0.563. The number of amides is 2. The number of benzene rings is 3. The Kier molecular flexibility index (Phi) is 12.9. The molecule has 3 saturated heterocycles. The van der Waals surface area contributed by atoms with Crippen molar-refractivity contribution in [3.8, 4) is 11.1 Å². The molecule has 0 bridgehead atoms. The standard InChI is InChI=1S/C41H53N3O7/c1-29-37(27-44-20-17-41(18-21-44)48-22-23-49-41)50-40(51-39(29)33-15-13-31(28-45)14-16-33)36-11-7-10-35(25-36)34-9-6-8-32(24-34)26-43-38(47)12-4-3-5-19-42-30(2)46/h6-11,13-16,24-25,29,37,39-40,45H,3-5,12,17-23,26-28H2,1-2H3,(H,42,46)(H,43,47)/t29-,37+,39+,40+/m1/s1. The second-order valence-electron chi connectivity index (χ2n) is 14.1. The molecule has 0 aromatic heterocycles. The van der Waals surface area contributed by atoms with Gasteiger partial charge in [0, 0.05) is 70.4 Å². The quantitative estimate of drug-likeness (QED) is 0.181. The van der Waals surface area contributed by atoms with Crippen LogP contribution in [0.1, 0.15) is 87.0 Å². The third-order valence-electron chi connectivity index (χ3n) is 10.4. The van der Waals surface area contributed by atoms with Crippen molar-refractivity contribution in [1.29, 1.82) is 0 Å². The number of ether oxygens (including phenoxy) is 4. The summed E-state index contributed by atoms with van der Waals surface area (Å²) >= 11 is 0. The Balaban J connectivity index is 1.12. The van der Waals surface area contributed by atoms with Gasteiger partial charge in [0.05, 0.1) is 32.0 Å². The fourth-order valence-corrected chi connectivity index (χ4v) is 7.31. The number of rotatable bonds is 14. The summed E-state index contributed by atoms with van der Waals surface area (Å²) in [6.07, 6.45) is 3.91. The van der Waals surface area contributed by atoms with Gasteiger partial charge >= 0.3 is 0 Å². The molecule has 0 radical (unpaired) electrons. The lowest BCUT2D eigenvalue weighted by molar-refractivity contribution is -0.278. The van der Waals surface area contributed by atoms with Crippen LogP contribution in [0.15, 0.2) is 72.8 Å². The third kappa shape index (κ3) is 10.0. The number of unbranched alkanes of at least 4 members (excludes halogenated alkanes) is 2. The van der Waals surface area contributed by atoms with Crippen LogP contribution in [0.5, 0.6) is 0 Å². The number of piperidine rings is 1. The maximum absolute atomic E-state index is 12.5. The van der Waals surface area contributed by atoms with Crippen LogP contribution in [-0.2, 0) is 41.7 Å². The topological polar surface area (TPSA) is 119 Å². The van der Waals surface area contributed by atoms with Gasteiger partial charge in [0.15, 0.2) is 12.1 Å². The Morgan fingerprint density at radius 2 is 1.57 bits per heavy atom. The van der Waals surface area contributed by atoms with Crippen molar-refractivity contribution in [1.82, 2.24) is 15.5 Å². The molecule has 10 heteroatoms. The number of carbonyl (C=O) groups excluding carboxylic acids is 2. The summed E-state index contributed by atoms with van der Waals surface area (Å²) in [4.78, 5) is 26.0. The summed E-state index contributed by atoms with van der Waals surface area (Å²) < 4.78 is 25.5. The number of aliphatic hydroxyl groups excluding tert-OH is 1. The van der Waals surface area contributed by atoms with Gasteiger partial charge in [0.25, 0.3) is 0 Å². The first-order valence-corrected chi connectivity index (χ1v) is 18.5. The fourth-order valence-electron chi connectivity index (χ4n) is 7.31. The lowest BCUT2D eigenvalue weighted by atomic mass is 9.89. The monoisotopic (exact) mass is 699 g/mol. The second-order valence-corrected chi connectivity index (χ2v) is 14.1. The van der Waals surface area contributed by atoms with Crippen LogP contribution in [0, 0.1) is 5.92 Å². The van der Waals surface area contributed by atoms with E-state index in [1.807, 2.05) is 30.3 Å². The minimum absolute atomic E-state index is 0.00207. The Labute approximate surface area is 301 Å². The van der Waals surface area contributed by atoms with Crippen molar-refractivity contribution in [2.75, 3.05) is 39.4 Å². The smallest absolute Gasteiger partial charge is 0.220 e. The van der Waals surface area contributed by atoms with Gasteiger partial charge in [-0.05, 0) is 52.8 Å². The first-order valence-electron chi connectivity index (χ1n) is 18.5. The Morgan fingerprint density at radius 1 is 0.843 bits per heavy atom. The van der Waals surface area contributed by atoms with Crippen molar-refractivity contribution in [3.63, 3.8) is 0 Å². The van der Waals surface area contributed by atoms with E-state index < -0.39 is 12.1 Å². The first kappa shape index (κ1) is 37.1. The molecule has 51 heavy (non-hydrogen) atoms. The van der Waals surface area contributed by atoms with E-state index in [4.69, 9.17) is 18.9 Å². The Bertz CT molecular complexity index is 1580. The molecule has 3 N–H and O–H groups in total. The summed E-state index contributed by atoms with van der Waals surface area (Å²) in [5.41, 5.74) is 6.01. The number of hydrogen-bond acceptors (Lipinski definition) is 8. The highest BCUT2D eigenvalue weighted by Gasteiger charge is 2.43. The highest BCUT2D eigenvalue weighted by Crippen LogP contribution is 2.43. The van der Waals surface area contributed by atoms with Crippen molar-refractivity contribution >= 4 is 11.8 Å². The van der Waals surface area contributed by atoms with E-state index in [-0.39, 0.29) is 36.5 Å². The average molecular weight is 700 g/mol. The highest BCUT2D eigenvalue weighted by atomic mass is 16.7. The molecule has 3 aromatic rings. The molecule has 274 valence electrons. The summed E-state index contributed by atoms with van der Waals surface area (Å²) in [6, 6.07) is 24.6. The number of aliphatic hydroxyl groups is 1. The van der Waals surface area contributed by atoms with Crippen molar-refractivity contribution in [3.05, 3.63) is 95.1 Å². The highest BCUT2D eigenvalue weighted by molar-refractivity contribution is 5.76. The predicted molar refractivity (Wildman–Crippen MR) is 194 cm³/mol. The van der Waals surface area contributed by atoms with Crippen LogP contribution in [0.25, 0.3) is 11.1 Å². The number of hydrogen-bond donors (Lipinski definition) is 3. The molecule has 3 aliphatic rings. The van der Waals surface area contributed by atoms with E-state index >= 15 is 0 Å². The zero-order chi connectivity index (χ0) is 35.6. The molecule has 0 unspecified atom stereocenters. The van der Waals surface area contributed by atoms with Crippen LogP contribution >= 0.6 is 0 Å². The predicted octanol–water partition coefficient (Wildman–Crippen LogP) is 5.79. The molecule has 3 heterocycles. The molecule has 4 atom stereocenters. The Morgan fingerprint density at radius 3 is 2.29 bits per heavy atom. The maximum Gasteiger partial charge on any atom is 0.220 e. The molecule has 6 rings (SSSR count). The zero-order valence-electron chi connectivity index (χ0n) is 30.0. The SMILES string of the molecule is CC(=O)NCCCCCC(=O)NCc1cccc(-c2cccc([C@H]3O[C@@H](CN4CCC5(CC4)OCCO5)[C@@H](C)[C@@H](c4ccc(CO)cc4)O3)c2)c1. The van der Waals surface area contributed by atoms with Crippen molar-refractivity contribution < 1.29 is 33.6 Å². The van der Waals surface area contributed by atoms with Crippen LogP contribution < -0.4 is 10.6 Å². The van der Waals surface area contributed by atoms with Gasteiger partial charge in [-0.3, -0.25) is 9.59 Å². The summed E-state index contributed by atoms with van der Waals surface area (Å²) in [6.45, 7) is 8.72. The van der Waals surface area contributed by atoms with E-state index in [0.717, 1.165) is 85.1 Å². The summed E-state index contributed by atoms with van der Waals surface area (Å²) in [7, 11) is 0. The van der Waals surface area contributed by atoms with Crippen LogP contribution in [0.2, 0.25) is 0 Å². The molecule has 3 aliphatic heterocycles. The normalized spacial score (nSPS) is 23.3. The van der Waals surface area contributed by atoms with Crippen molar-refractivity contribution in [2.45, 2.75) is 89.8 Å². The summed E-state index contributed by atoms with van der Waals surface area (Å²) in [5, 5.41) is 15.5. The largest absolute Gasteiger partial charge is 0.392 e. The van der Waals surface area contributed by atoms with Crippen LogP contribution in [0.4, 0.5) is 0 Å². The number of nitrogens with zero attached hydrogens (tertiary/aromatic N) is 1. The van der Waals surface area contributed by atoms with E-state index in [1.165, 1.54) is 6.92 Å². The van der Waals surface area contributed by atoms with E-state index in [2.05, 4.69) is 64.9 Å². The van der Waals surface area contributed by atoms with Crippen LogP contribution in [0.3, 0.4) is 0 Å². The summed E-state index contributed by atoms with van der Waals surface area (Å²) in [5.74, 6) is -0.321. The molecule has 3 fully saturated rings. The van der Waals surface area contributed by atoms with Gasteiger partial charge in [0.1, 0.15) is 0 Å². The fraction of sp³-hybridized carbons (Fsp3) is 0.512. The average Bonchev–Trinajstić information content (AvgIpc) is 3.62. The Hall–Kier alpha value is -3.64. The first-order chi connectivity index (χ1) is 24.8. The molecule has 10 nitrogen and oxygen atoms in total.